The van der Waals surface area contributed by atoms with Crippen LogP contribution in [0, 0.1) is 5.41 Å². The predicted octanol–water partition coefficient (Wildman–Crippen LogP) is 1.12. The lowest BCUT2D eigenvalue weighted by atomic mass is 9.87. The molecule has 0 amide bonds. The van der Waals surface area contributed by atoms with Gasteiger partial charge in [0.25, 0.3) is 0 Å². The van der Waals surface area contributed by atoms with Crippen LogP contribution in [-0.2, 0) is 16.6 Å². The summed E-state index contributed by atoms with van der Waals surface area (Å²) in [6.45, 7) is 5.30. The molecule has 122 valence electrons. The zero-order chi connectivity index (χ0) is 15.8. The third-order valence-corrected chi connectivity index (χ3v) is 6.74. The molecule has 2 aliphatic heterocycles. The summed E-state index contributed by atoms with van der Waals surface area (Å²) in [5.41, 5.74) is 1.53. The minimum absolute atomic E-state index is 0.381. The van der Waals surface area contributed by atoms with Gasteiger partial charge < -0.3 is 5.32 Å². The number of rotatable bonds is 4. The van der Waals surface area contributed by atoms with Crippen molar-refractivity contribution in [2.24, 2.45) is 5.41 Å². The van der Waals surface area contributed by atoms with Crippen LogP contribution >= 0.6 is 0 Å². The molecule has 0 radical (unpaired) electrons. The Morgan fingerprint density at radius 1 is 1.32 bits per heavy atom. The second-order valence-electron chi connectivity index (χ2n) is 6.82. The Balaban J connectivity index is 1.72. The third-order valence-electron chi connectivity index (χ3n) is 4.93. The molecule has 2 saturated heterocycles. The smallest absolute Gasteiger partial charge is 0.242 e. The van der Waals surface area contributed by atoms with E-state index in [4.69, 9.17) is 0 Å². The minimum atomic E-state index is -3.35. The Morgan fingerprint density at radius 2 is 2.14 bits per heavy atom. The van der Waals surface area contributed by atoms with E-state index in [1.165, 1.54) is 17.1 Å². The van der Waals surface area contributed by atoms with E-state index in [0.717, 1.165) is 38.3 Å². The second-order valence-corrected chi connectivity index (χ2v) is 8.97. The molecule has 0 aromatic heterocycles. The molecule has 1 spiro atoms. The number of nitrogens with one attached hydrogen (secondary N) is 1. The Morgan fingerprint density at radius 3 is 2.82 bits per heavy atom. The highest BCUT2D eigenvalue weighted by Gasteiger charge is 2.40. The molecule has 6 heteroatoms. The molecule has 1 unspecified atom stereocenters. The van der Waals surface area contributed by atoms with Crippen molar-refractivity contribution in [3.8, 4) is 0 Å². The molecular weight excluding hydrogens is 298 g/mol. The molecule has 2 fully saturated rings. The molecule has 1 aromatic rings. The molecule has 2 heterocycles. The standard InChI is InChI=1S/C16H25N3O2S/c1-18(2)22(20,21)15-5-3-4-14(10-15)11-19-9-7-16(13-19)6-8-17-12-16/h3-5,10,17H,6-9,11-13H2,1-2H3. The van der Waals surface area contributed by atoms with Gasteiger partial charge in [-0.05, 0) is 49.0 Å². The molecule has 0 saturated carbocycles. The molecule has 22 heavy (non-hydrogen) atoms. The van der Waals surface area contributed by atoms with Crippen molar-refractivity contribution in [2.75, 3.05) is 40.3 Å². The van der Waals surface area contributed by atoms with Gasteiger partial charge in [-0.2, -0.15) is 0 Å². The quantitative estimate of drug-likeness (QED) is 0.902. The van der Waals surface area contributed by atoms with Crippen molar-refractivity contribution in [3.63, 3.8) is 0 Å². The normalized spacial score (nSPS) is 26.3. The maximum atomic E-state index is 12.2. The van der Waals surface area contributed by atoms with E-state index in [0.29, 0.717) is 10.3 Å². The molecule has 0 aliphatic carbocycles. The van der Waals surface area contributed by atoms with Gasteiger partial charge in [-0.25, -0.2) is 12.7 Å². The fraction of sp³-hybridized carbons (Fsp3) is 0.625. The van der Waals surface area contributed by atoms with E-state index >= 15 is 0 Å². The van der Waals surface area contributed by atoms with Crippen LogP contribution in [0.2, 0.25) is 0 Å². The highest BCUT2D eigenvalue weighted by molar-refractivity contribution is 7.89. The number of hydrogen-bond acceptors (Lipinski definition) is 4. The van der Waals surface area contributed by atoms with E-state index in [1.807, 2.05) is 18.2 Å². The highest BCUT2D eigenvalue weighted by atomic mass is 32.2. The van der Waals surface area contributed by atoms with E-state index < -0.39 is 10.0 Å². The lowest BCUT2D eigenvalue weighted by molar-refractivity contribution is 0.268. The Labute approximate surface area is 133 Å². The van der Waals surface area contributed by atoms with E-state index in [9.17, 15) is 8.42 Å². The average Bonchev–Trinajstić information content (AvgIpc) is 3.10. The minimum Gasteiger partial charge on any atom is -0.316 e. The third kappa shape index (κ3) is 3.06. The van der Waals surface area contributed by atoms with Gasteiger partial charge in [0.2, 0.25) is 10.0 Å². The van der Waals surface area contributed by atoms with Gasteiger partial charge in [-0.3, -0.25) is 4.90 Å². The van der Waals surface area contributed by atoms with Gasteiger partial charge in [0.05, 0.1) is 4.90 Å². The van der Waals surface area contributed by atoms with Gasteiger partial charge in [0, 0.05) is 33.7 Å². The number of likely N-dealkylation sites (tertiary alicyclic amines) is 1. The maximum Gasteiger partial charge on any atom is 0.242 e. The van der Waals surface area contributed by atoms with Crippen molar-refractivity contribution in [1.82, 2.24) is 14.5 Å². The lowest BCUT2D eigenvalue weighted by Crippen LogP contribution is -2.29. The summed E-state index contributed by atoms with van der Waals surface area (Å²) < 4.78 is 25.7. The summed E-state index contributed by atoms with van der Waals surface area (Å²) in [4.78, 5) is 2.83. The Bertz CT molecular complexity index is 637. The largest absolute Gasteiger partial charge is 0.316 e. The van der Waals surface area contributed by atoms with Gasteiger partial charge in [-0.15, -0.1) is 0 Å². The van der Waals surface area contributed by atoms with Crippen molar-refractivity contribution in [2.45, 2.75) is 24.3 Å². The first kappa shape index (κ1) is 15.9. The monoisotopic (exact) mass is 323 g/mol. The predicted molar refractivity (Wildman–Crippen MR) is 87.1 cm³/mol. The number of sulfonamides is 1. The maximum absolute atomic E-state index is 12.2. The molecule has 5 nitrogen and oxygen atoms in total. The zero-order valence-corrected chi connectivity index (χ0v) is 14.2. The van der Waals surface area contributed by atoms with Crippen molar-refractivity contribution >= 4 is 10.0 Å². The Hall–Kier alpha value is -0.950. The fourth-order valence-corrected chi connectivity index (χ4v) is 4.55. The molecule has 3 rings (SSSR count). The Kier molecular flexibility index (Phi) is 4.29. The molecule has 1 atom stereocenters. The van der Waals surface area contributed by atoms with Crippen molar-refractivity contribution < 1.29 is 8.42 Å². The highest BCUT2D eigenvalue weighted by Crippen LogP contribution is 2.36. The summed E-state index contributed by atoms with van der Waals surface area (Å²) in [6, 6.07) is 7.35. The first-order valence-electron chi connectivity index (χ1n) is 7.86. The molecule has 2 aliphatic rings. The molecule has 0 bridgehead atoms. The summed E-state index contributed by atoms with van der Waals surface area (Å²) in [5.74, 6) is 0. The fourth-order valence-electron chi connectivity index (χ4n) is 3.58. The van der Waals surface area contributed by atoms with Gasteiger partial charge >= 0.3 is 0 Å². The lowest BCUT2D eigenvalue weighted by Gasteiger charge is -2.23. The second kappa shape index (κ2) is 5.92. The van der Waals surface area contributed by atoms with Crippen LogP contribution < -0.4 is 5.32 Å². The first-order chi connectivity index (χ1) is 10.4. The van der Waals surface area contributed by atoms with Crippen LogP contribution in [0.1, 0.15) is 18.4 Å². The summed E-state index contributed by atoms with van der Waals surface area (Å²) in [7, 11) is -0.213. The molecule has 1 N–H and O–H groups in total. The van der Waals surface area contributed by atoms with Crippen molar-refractivity contribution in [1.29, 1.82) is 0 Å². The topological polar surface area (TPSA) is 52.7 Å². The number of nitrogens with zero attached hydrogens (tertiary/aromatic N) is 2. The average molecular weight is 323 g/mol. The summed E-state index contributed by atoms with van der Waals surface area (Å²) >= 11 is 0. The van der Waals surface area contributed by atoms with Gasteiger partial charge in [0.1, 0.15) is 0 Å². The van der Waals surface area contributed by atoms with Crippen LogP contribution in [0.4, 0.5) is 0 Å². The zero-order valence-electron chi connectivity index (χ0n) is 13.4. The first-order valence-corrected chi connectivity index (χ1v) is 9.30. The summed E-state index contributed by atoms with van der Waals surface area (Å²) in [6.07, 6.45) is 2.51. The van der Waals surface area contributed by atoms with Crippen LogP contribution in [0.25, 0.3) is 0 Å². The van der Waals surface area contributed by atoms with Crippen LogP contribution in [0.15, 0.2) is 29.2 Å². The van der Waals surface area contributed by atoms with E-state index in [-0.39, 0.29) is 0 Å². The van der Waals surface area contributed by atoms with E-state index in [1.54, 1.807) is 20.2 Å². The van der Waals surface area contributed by atoms with Crippen LogP contribution in [0.3, 0.4) is 0 Å². The van der Waals surface area contributed by atoms with Gasteiger partial charge in [-0.1, -0.05) is 12.1 Å². The van der Waals surface area contributed by atoms with E-state index in [2.05, 4.69) is 10.2 Å². The SMILES string of the molecule is CN(C)S(=O)(=O)c1cccc(CN2CCC3(CCNC3)C2)c1. The van der Waals surface area contributed by atoms with Crippen LogP contribution in [0.5, 0.6) is 0 Å². The van der Waals surface area contributed by atoms with Crippen LogP contribution in [-0.4, -0.2) is 57.9 Å². The number of benzene rings is 1. The summed E-state index contributed by atoms with van der Waals surface area (Å²) in [5, 5.41) is 3.47. The van der Waals surface area contributed by atoms with Crippen molar-refractivity contribution in [3.05, 3.63) is 29.8 Å². The van der Waals surface area contributed by atoms with Gasteiger partial charge in [0.15, 0.2) is 0 Å². The molecule has 1 aromatic carbocycles. The number of hydrogen-bond donors (Lipinski definition) is 1. The molecular formula is C16H25N3O2S.